The first-order valence-corrected chi connectivity index (χ1v) is 7.55. The average Bonchev–Trinajstić information content (AvgIpc) is 2.94. The van der Waals surface area contributed by atoms with Crippen LogP contribution < -0.4 is 5.32 Å². The van der Waals surface area contributed by atoms with Gasteiger partial charge in [-0.15, -0.1) is 0 Å². The fraction of sp³-hybridized carbons (Fsp3) is 0.500. The second-order valence-electron chi connectivity index (χ2n) is 5.14. The summed E-state index contributed by atoms with van der Waals surface area (Å²) in [5.74, 6) is 0.531. The van der Waals surface area contributed by atoms with Crippen LogP contribution in [-0.4, -0.2) is 22.7 Å². The topological polar surface area (TPSA) is 51.0 Å². The number of hydrogen-bond acceptors (Lipinski definition) is 4. The number of nitrogens with zero attached hydrogens (tertiary/aromatic N) is 2. The summed E-state index contributed by atoms with van der Waals surface area (Å²) in [6.07, 6.45) is 3.91. The lowest BCUT2D eigenvalue weighted by molar-refractivity contribution is 0.350. The molecule has 2 rings (SSSR count). The van der Waals surface area contributed by atoms with Crippen LogP contribution in [0.3, 0.4) is 0 Å². The van der Waals surface area contributed by atoms with Gasteiger partial charge in [0.2, 0.25) is 11.7 Å². The molecule has 1 unspecified atom stereocenters. The van der Waals surface area contributed by atoms with E-state index in [2.05, 4.69) is 29.3 Å². The van der Waals surface area contributed by atoms with Gasteiger partial charge in [-0.2, -0.15) is 4.98 Å². The van der Waals surface area contributed by atoms with Gasteiger partial charge in [0.1, 0.15) is 5.82 Å². The molecule has 4 nitrogen and oxygen atoms in total. The summed E-state index contributed by atoms with van der Waals surface area (Å²) < 4.78 is 19.0. The number of aromatic nitrogens is 2. The monoisotopic (exact) mass is 291 g/mol. The highest BCUT2D eigenvalue weighted by atomic mass is 19.1. The molecule has 0 aliphatic heterocycles. The largest absolute Gasteiger partial charge is 0.339 e. The van der Waals surface area contributed by atoms with Gasteiger partial charge in [-0.25, -0.2) is 4.39 Å². The maximum Gasteiger partial charge on any atom is 0.228 e. The fourth-order valence-electron chi connectivity index (χ4n) is 2.27. The standard InChI is InChI=1S/C16H22FN3O/c1-3-7-12(18-10-4-2)11-15-19-16(20-21-15)13-8-5-6-9-14(13)17/h5-6,8-9,12,18H,3-4,7,10-11H2,1-2H3. The van der Waals surface area contributed by atoms with E-state index in [-0.39, 0.29) is 5.82 Å². The molecule has 1 aromatic carbocycles. The van der Waals surface area contributed by atoms with E-state index in [0.29, 0.717) is 29.7 Å². The molecule has 0 aliphatic rings. The van der Waals surface area contributed by atoms with E-state index in [1.54, 1.807) is 18.2 Å². The Morgan fingerprint density at radius 3 is 2.76 bits per heavy atom. The highest BCUT2D eigenvalue weighted by Crippen LogP contribution is 2.19. The number of rotatable bonds is 8. The Bertz CT molecular complexity index is 556. The molecule has 21 heavy (non-hydrogen) atoms. The summed E-state index contributed by atoms with van der Waals surface area (Å²) in [5, 5.41) is 7.36. The van der Waals surface area contributed by atoms with Crippen molar-refractivity contribution in [1.29, 1.82) is 0 Å². The van der Waals surface area contributed by atoms with Crippen molar-refractivity contribution in [2.45, 2.75) is 45.6 Å². The SMILES string of the molecule is CCCNC(CCC)Cc1nc(-c2ccccc2F)no1. The summed E-state index contributed by atoms with van der Waals surface area (Å²) in [5.41, 5.74) is 0.376. The zero-order valence-electron chi connectivity index (χ0n) is 12.6. The fourth-order valence-corrected chi connectivity index (χ4v) is 2.27. The van der Waals surface area contributed by atoms with Gasteiger partial charge >= 0.3 is 0 Å². The summed E-state index contributed by atoms with van der Waals surface area (Å²) in [6.45, 7) is 5.26. The van der Waals surface area contributed by atoms with Crippen molar-refractivity contribution in [2.24, 2.45) is 0 Å². The lowest BCUT2D eigenvalue weighted by Gasteiger charge is -2.15. The first-order chi connectivity index (χ1) is 10.2. The maximum atomic E-state index is 13.7. The second kappa shape index (κ2) is 7.88. The van der Waals surface area contributed by atoms with E-state index >= 15 is 0 Å². The van der Waals surface area contributed by atoms with Crippen LogP contribution in [0.15, 0.2) is 28.8 Å². The summed E-state index contributed by atoms with van der Waals surface area (Å²) in [4.78, 5) is 4.31. The van der Waals surface area contributed by atoms with Crippen molar-refractivity contribution >= 4 is 0 Å². The zero-order chi connectivity index (χ0) is 15.1. The maximum absolute atomic E-state index is 13.7. The second-order valence-corrected chi connectivity index (χ2v) is 5.14. The molecule has 0 aliphatic carbocycles. The quantitative estimate of drug-likeness (QED) is 0.807. The van der Waals surface area contributed by atoms with Gasteiger partial charge < -0.3 is 9.84 Å². The van der Waals surface area contributed by atoms with Gasteiger partial charge in [-0.3, -0.25) is 0 Å². The average molecular weight is 291 g/mol. The van der Waals surface area contributed by atoms with Crippen LogP contribution in [0.1, 0.15) is 39.0 Å². The van der Waals surface area contributed by atoms with Gasteiger partial charge in [0, 0.05) is 12.5 Å². The lowest BCUT2D eigenvalue weighted by Crippen LogP contribution is -2.31. The molecule has 2 aromatic rings. The minimum Gasteiger partial charge on any atom is -0.339 e. The smallest absolute Gasteiger partial charge is 0.228 e. The molecule has 1 N–H and O–H groups in total. The van der Waals surface area contributed by atoms with Gasteiger partial charge in [0.05, 0.1) is 5.56 Å². The molecule has 1 atom stereocenters. The molecule has 5 heteroatoms. The van der Waals surface area contributed by atoms with Crippen LogP contribution in [0.25, 0.3) is 11.4 Å². The molecule has 0 spiro atoms. The van der Waals surface area contributed by atoms with Crippen LogP contribution in [-0.2, 0) is 6.42 Å². The molecule has 0 amide bonds. The summed E-state index contributed by atoms with van der Waals surface area (Å²) >= 11 is 0. The van der Waals surface area contributed by atoms with Crippen LogP contribution >= 0.6 is 0 Å². The first-order valence-electron chi connectivity index (χ1n) is 7.55. The summed E-state index contributed by atoms with van der Waals surface area (Å²) in [6, 6.07) is 6.78. The molecule has 1 aromatic heterocycles. The van der Waals surface area contributed by atoms with Crippen molar-refractivity contribution in [3.63, 3.8) is 0 Å². The molecule has 0 saturated carbocycles. The van der Waals surface area contributed by atoms with Gasteiger partial charge in [0.15, 0.2) is 0 Å². The molecule has 0 radical (unpaired) electrons. The van der Waals surface area contributed by atoms with Crippen molar-refractivity contribution in [3.05, 3.63) is 36.0 Å². The van der Waals surface area contributed by atoms with Crippen molar-refractivity contribution in [2.75, 3.05) is 6.54 Å². The minimum atomic E-state index is -0.334. The molecular weight excluding hydrogens is 269 g/mol. The van der Waals surface area contributed by atoms with Crippen molar-refractivity contribution in [1.82, 2.24) is 15.5 Å². The van der Waals surface area contributed by atoms with Crippen molar-refractivity contribution in [3.8, 4) is 11.4 Å². The number of benzene rings is 1. The molecule has 1 heterocycles. The van der Waals surface area contributed by atoms with E-state index < -0.39 is 0 Å². The highest BCUT2D eigenvalue weighted by Gasteiger charge is 2.16. The highest BCUT2D eigenvalue weighted by molar-refractivity contribution is 5.54. The Morgan fingerprint density at radius 2 is 2.05 bits per heavy atom. The predicted molar refractivity (Wildman–Crippen MR) is 80.4 cm³/mol. The van der Waals surface area contributed by atoms with E-state index in [0.717, 1.165) is 25.8 Å². The Balaban J connectivity index is 2.06. The lowest BCUT2D eigenvalue weighted by atomic mass is 10.1. The van der Waals surface area contributed by atoms with E-state index in [1.165, 1.54) is 6.07 Å². The number of nitrogens with one attached hydrogen (secondary N) is 1. The zero-order valence-corrected chi connectivity index (χ0v) is 12.6. The Labute approximate surface area is 124 Å². The number of halogens is 1. The third kappa shape index (κ3) is 4.36. The Morgan fingerprint density at radius 1 is 1.24 bits per heavy atom. The molecular formula is C16H22FN3O. The van der Waals surface area contributed by atoms with E-state index in [1.807, 2.05) is 0 Å². The van der Waals surface area contributed by atoms with Crippen molar-refractivity contribution < 1.29 is 8.91 Å². The van der Waals surface area contributed by atoms with Gasteiger partial charge in [-0.1, -0.05) is 37.6 Å². The van der Waals surface area contributed by atoms with Crippen LogP contribution in [0, 0.1) is 5.82 Å². The van der Waals surface area contributed by atoms with Crippen LogP contribution in [0.5, 0.6) is 0 Å². The summed E-state index contributed by atoms with van der Waals surface area (Å²) in [7, 11) is 0. The first kappa shape index (κ1) is 15.6. The molecule has 0 saturated heterocycles. The van der Waals surface area contributed by atoms with E-state index in [4.69, 9.17) is 4.52 Å². The molecule has 0 bridgehead atoms. The predicted octanol–water partition coefficient (Wildman–Crippen LogP) is 3.59. The van der Waals surface area contributed by atoms with Crippen LogP contribution in [0.4, 0.5) is 4.39 Å². The molecule has 114 valence electrons. The van der Waals surface area contributed by atoms with Crippen LogP contribution in [0.2, 0.25) is 0 Å². The third-order valence-corrected chi connectivity index (χ3v) is 3.32. The number of hydrogen-bond donors (Lipinski definition) is 1. The Kier molecular flexibility index (Phi) is 5.87. The third-order valence-electron chi connectivity index (χ3n) is 3.32. The van der Waals surface area contributed by atoms with Gasteiger partial charge in [-0.05, 0) is 31.5 Å². The van der Waals surface area contributed by atoms with E-state index in [9.17, 15) is 4.39 Å². The Hall–Kier alpha value is -1.75. The molecule has 0 fully saturated rings. The van der Waals surface area contributed by atoms with Gasteiger partial charge in [0.25, 0.3) is 0 Å². The minimum absolute atomic E-state index is 0.314. The normalized spacial score (nSPS) is 12.5.